The number of ether oxygens (including phenoxy) is 1. The first-order chi connectivity index (χ1) is 9.56. The monoisotopic (exact) mass is 298 g/mol. The van der Waals surface area contributed by atoms with Gasteiger partial charge in [0.25, 0.3) is 0 Å². The van der Waals surface area contributed by atoms with Crippen LogP contribution in [0.1, 0.15) is 25.3 Å². The molecule has 1 rings (SSSR count). The van der Waals surface area contributed by atoms with E-state index in [2.05, 4.69) is 12.2 Å². The molecule has 0 spiro atoms. The normalized spacial score (nSPS) is 10.4. The van der Waals surface area contributed by atoms with Crippen LogP contribution in [0.3, 0.4) is 0 Å². The second kappa shape index (κ2) is 8.82. The molecule has 5 heteroatoms. The fraction of sp³-hybridized carbons (Fsp3) is 0.533. The van der Waals surface area contributed by atoms with E-state index in [9.17, 15) is 4.79 Å². The van der Waals surface area contributed by atoms with Crippen LogP contribution in [0.25, 0.3) is 0 Å². The molecular weight excluding hydrogens is 276 g/mol. The van der Waals surface area contributed by atoms with E-state index in [1.807, 2.05) is 12.1 Å². The van der Waals surface area contributed by atoms with Crippen LogP contribution < -0.4 is 10.1 Å². The van der Waals surface area contributed by atoms with Gasteiger partial charge in [0.15, 0.2) is 0 Å². The Morgan fingerprint density at radius 1 is 1.40 bits per heavy atom. The Bertz CT molecular complexity index is 436. The number of hydrogen-bond donors (Lipinski definition) is 1. The molecular formula is C15H23ClN2O2. The summed E-state index contributed by atoms with van der Waals surface area (Å²) >= 11 is 6.17. The zero-order valence-corrected chi connectivity index (χ0v) is 13.2. The van der Waals surface area contributed by atoms with Crippen LogP contribution in [-0.4, -0.2) is 38.1 Å². The number of halogens is 1. The lowest BCUT2D eigenvalue weighted by Crippen LogP contribution is -2.23. The highest BCUT2D eigenvalue weighted by molar-refractivity contribution is 6.32. The molecule has 0 fully saturated rings. The summed E-state index contributed by atoms with van der Waals surface area (Å²) in [6.07, 6.45) is 1.42. The molecule has 1 amide bonds. The molecule has 0 aliphatic rings. The first kappa shape index (κ1) is 16.8. The Hall–Kier alpha value is -1.26. The van der Waals surface area contributed by atoms with Crippen molar-refractivity contribution in [1.29, 1.82) is 0 Å². The van der Waals surface area contributed by atoms with Crippen LogP contribution in [0.4, 0.5) is 0 Å². The van der Waals surface area contributed by atoms with Crippen molar-refractivity contribution in [2.24, 2.45) is 0 Å². The number of para-hydroxylation sites is 1. The zero-order valence-electron chi connectivity index (χ0n) is 12.4. The summed E-state index contributed by atoms with van der Waals surface area (Å²) in [5, 5.41) is 3.90. The molecule has 0 aliphatic carbocycles. The summed E-state index contributed by atoms with van der Waals surface area (Å²) < 4.78 is 5.70. The van der Waals surface area contributed by atoms with Crippen molar-refractivity contribution in [3.8, 4) is 5.75 Å². The topological polar surface area (TPSA) is 41.6 Å². The summed E-state index contributed by atoms with van der Waals surface area (Å²) in [7, 11) is 3.47. The van der Waals surface area contributed by atoms with Gasteiger partial charge in [-0.05, 0) is 19.0 Å². The fourth-order valence-electron chi connectivity index (χ4n) is 1.72. The van der Waals surface area contributed by atoms with Crippen molar-refractivity contribution in [2.75, 3.05) is 27.2 Å². The molecule has 1 N–H and O–H groups in total. The van der Waals surface area contributed by atoms with E-state index >= 15 is 0 Å². The van der Waals surface area contributed by atoms with E-state index in [0.29, 0.717) is 30.3 Å². The van der Waals surface area contributed by atoms with E-state index in [4.69, 9.17) is 16.3 Å². The summed E-state index contributed by atoms with van der Waals surface area (Å²) in [6.45, 7) is 4.12. The van der Waals surface area contributed by atoms with E-state index in [0.717, 1.165) is 18.5 Å². The molecule has 1 aromatic rings. The largest absolute Gasteiger partial charge is 0.491 e. The summed E-state index contributed by atoms with van der Waals surface area (Å²) in [5.41, 5.74) is 1.02. The lowest BCUT2D eigenvalue weighted by Gasteiger charge is -2.15. The van der Waals surface area contributed by atoms with Gasteiger partial charge in [-0.15, -0.1) is 0 Å². The number of carbonyl (C=O) groups excluding carboxylic acids is 1. The minimum atomic E-state index is 0.0442. The molecule has 1 aromatic carbocycles. The van der Waals surface area contributed by atoms with Crippen molar-refractivity contribution in [3.63, 3.8) is 0 Å². The van der Waals surface area contributed by atoms with Crippen molar-refractivity contribution in [1.82, 2.24) is 10.2 Å². The summed E-state index contributed by atoms with van der Waals surface area (Å²) in [5.74, 6) is 0.715. The van der Waals surface area contributed by atoms with Gasteiger partial charge in [0, 0.05) is 26.2 Å². The molecule has 0 atom stereocenters. The molecule has 0 heterocycles. The molecule has 20 heavy (non-hydrogen) atoms. The van der Waals surface area contributed by atoms with Crippen LogP contribution >= 0.6 is 11.6 Å². The molecule has 0 unspecified atom stereocenters. The standard InChI is InChI=1S/C15H23ClN2O2/c1-4-9-17-11-12-6-5-7-13(16)15(12)20-10-8-14(19)18(2)3/h5-7,17H,4,8-11H2,1-3H3. The first-order valence-corrected chi connectivity index (χ1v) is 7.25. The number of nitrogens with one attached hydrogen (secondary N) is 1. The van der Waals surface area contributed by atoms with E-state index in [-0.39, 0.29) is 5.91 Å². The number of hydrogen-bond acceptors (Lipinski definition) is 3. The highest BCUT2D eigenvalue weighted by atomic mass is 35.5. The third-order valence-electron chi connectivity index (χ3n) is 2.85. The van der Waals surface area contributed by atoms with Gasteiger partial charge in [0.1, 0.15) is 5.75 Å². The minimum Gasteiger partial charge on any atom is -0.491 e. The quantitative estimate of drug-likeness (QED) is 0.750. The Morgan fingerprint density at radius 2 is 2.15 bits per heavy atom. The van der Waals surface area contributed by atoms with Crippen molar-refractivity contribution in [2.45, 2.75) is 26.3 Å². The van der Waals surface area contributed by atoms with Crippen LogP contribution in [-0.2, 0) is 11.3 Å². The van der Waals surface area contributed by atoms with Crippen LogP contribution in [0.15, 0.2) is 18.2 Å². The first-order valence-electron chi connectivity index (χ1n) is 6.87. The maximum atomic E-state index is 11.5. The fourth-order valence-corrected chi connectivity index (χ4v) is 1.97. The molecule has 0 aromatic heterocycles. The molecule has 0 aliphatic heterocycles. The van der Waals surface area contributed by atoms with Crippen molar-refractivity contribution >= 4 is 17.5 Å². The van der Waals surface area contributed by atoms with E-state index in [1.54, 1.807) is 25.1 Å². The van der Waals surface area contributed by atoms with Crippen molar-refractivity contribution < 1.29 is 9.53 Å². The van der Waals surface area contributed by atoms with Gasteiger partial charge in [0.05, 0.1) is 18.1 Å². The van der Waals surface area contributed by atoms with E-state index < -0.39 is 0 Å². The lowest BCUT2D eigenvalue weighted by molar-refractivity contribution is -0.129. The second-order valence-electron chi connectivity index (χ2n) is 4.79. The molecule has 0 bridgehead atoms. The van der Waals surface area contributed by atoms with Gasteiger partial charge in [-0.2, -0.15) is 0 Å². The number of carbonyl (C=O) groups is 1. The molecule has 112 valence electrons. The molecule has 0 saturated carbocycles. The third kappa shape index (κ3) is 5.39. The van der Waals surface area contributed by atoms with Gasteiger partial charge in [-0.1, -0.05) is 30.7 Å². The highest BCUT2D eigenvalue weighted by Crippen LogP contribution is 2.28. The minimum absolute atomic E-state index is 0.0442. The van der Waals surface area contributed by atoms with Crippen LogP contribution in [0, 0.1) is 0 Å². The Kier molecular flexibility index (Phi) is 7.41. The predicted molar refractivity (Wildman–Crippen MR) is 82.3 cm³/mol. The van der Waals surface area contributed by atoms with Gasteiger partial charge in [0.2, 0.25) is 5.91 Å². The van der Waals surface area contributed by atoms with Crippen molar-refractivity contribution in [3.05, 3.63) is 28.8 Å². The SMILES string of the molecule is CCCNCc1cccc(Cl)c1OCCC(=O)N(C)C. The zero-order chi connectivity index (χ0) is 15.0. The number of nitrogens with zero attached hydrogens (tertiary/aromatic N) is 1. The van der Waals surface area contributed by atoms with Crippen LogP contribution in [0.5, 0.6) is 5.75 Å². The summed E-state index contributed by atoms with van der Waals surface area (Å²) in [6, 6.07) is 5.69. The number of amides is 1. The number of benzene rings is 1. The Labute approximate surface area is 126 Å². The Balaban J connectivity index is 2.60. The maximum absolute atomic E-state index is 11.5. The predicted octanol–water partition coefficient (Wildman–Crippen LogP) is 2.70. The lowest BCUT2D eigenvalue weighted by atomic mass is 10.2. The number of rotatable bonds is 8. The highest BCUT2D eigenvalue weighted by Gasteiger charge is 2.10. The average molecular weight is 299 g/mol. The third-order valence-corrected chi connectivity index (χ3v) is 3.15. The average Bonchev–Trinajstić information content (AvgIpc) is 2.41. The Morgan fingerprint density at radius 3 is 2.80 bits per heavy atom. The molecule has 0 radical (unpaired) electrons. The second-order valence-corrected chi connectivity index (χ2v) is 5.20. The summed E-state index contributed by atoms with van der Waals surface area (Å²) in [4.78, 5) is 13.1. The van der Waals surface area contributed by atoms with Gasteiger partial charge < -0.3 is 15.0 Å². The van der Waals surface area contributed by atoms with E-state index in [1.165, 1.54) is 0 Å². The molecule has 0 saturated heterocycles. The van der Waals surface area contributed by atoms with Gasteiger partial charge in [-0.3, -0.25) is 4.79 Å². The smallest absolute Gasteiger partial charge is 0.225 e. The van der Waals surface area contributed by atoms with Crippen LogP contribution in [0.2, 0.25) is 5.02 Å². The molecule has 4 nitrogen and oxygen atoms in total. The maximum Gasteiger partial charge on any atom is 0.225 e. The van der Waals surface area contributed by atoms with Gasteiger partial charge >= 0.3 is 0 Å². The van der Waals surface area contributed by atoms with Gasteiger partial charge in [-0.25, -0.2) is 0 Å².